The molecule has 2 aromatic rings. The van der Waals surface area contributed by atoms with Crippen molar-refractivity contribution in [1.29, 1.82) is 0 Å². The molecule has 0 unspecified atom stereocenters. The Morgan fingerprint density at radius 1 is 1.32 bits per heavy atom. The molecule has 0 saturated heterocycles. The molecule has 19 heavy (non-hydrogen) atoms. The molecule has 0 aliphatic rings. The van der Waals surface area contributed by atoms with Crippen LogP contribution in [0, 0.1) is 17.0 Å². The first-order chi connectivity index (χ1) is 8.80. The predicted octanol–water partition coefficient (Wildman–Crippen LogP) is 2.92. The SMILES string of the molecule is Cc1ccc(-c2nncn2C(C)(C)C)cc1[N+](=O)[O-]. The first kappa shape index (κ1) is 13.2. The molecule has 0 N–H and O–H groups in total. The zero-order valence-corrected chi connectivity index (χ0v) is 11.4. The van der Waals surface area contributed by atoms with Gasteiger partial charge in [0.1, 0.15) is 6.33 Å². The Kier molecular flexibility index (Phi) is 3.09. The third-order valence-corrected chi connectivity index (χ3v) is 2.93. The maximum absolute atomic E-state index is 11.0. The van der Waals surface area contributed by atoms with E-state index in [2.05, 4.69) is 10.2 Å². The van der Waals surface area contributed by atoms with Crippen molar-refractivity contribution in [3.63, 3.8) is 0 Å². The highest BCUT2D eigenvalue weighted by Crippen LogP contribution is 2.28. The summed E-state index contributed by atoms with van der Waals surface area (Å²) in [6.07, 6.45) is 1.64. The lowest BCUT2D eigenvalue weighted by Gasteiger charge is -2.22. The largest absolute Gasteiger partial charge is 0.308 e. The molecule has 1 aromatic carbocycles. The second kappa shape index (κ2) is 4.46. The van der Waals surface area contributed by atoms with Crippen LogP contribution < -0.4 is 0 Å². The van der Waals surface area contributed by atoms with Crippen molar-refractivity contribution in [2.24, 2.45) is 0 Å². The van der Waals surface area contributed by atoms with Crippen molar-refractivity contribution >= 4 is 5.69 Å². The van der Waals surface area contributed by atoms with Crippen LogP contribution in [0.4, 0.5) is 5.69 Å². The number of rotatable bonds is 2. The van der Waals surface area contributed by atoms with Gasteiger partial charge in [-0.25, -0.2) is 0 Å². The van der Waals surface area contributed by atoms with Crippen LogP contribution in [0.15, 0.2) is 24.5 Å². The molecule has 6 nitrogen and oxygen atoms in total. The summed E-state index contributed by atoms with van der Waals surface area (Å²) in [6, 6.07) is 5.10. The van der Waals surface area contributed by atoms with Crippen LogP contribution in [0.25, 0.3) is 11.4 Å². The van der Waals surface area contributed by atoms with Crippen molar-refractivity contribution in [1.82, 2.24) is 14.8 Å². The van der Waals surface area contributed by atoms with E-state index in [1.165, 1.54) is 0 Å². The molecule has 6 heteroatoms. The maximum atomic E-state index is 11.0. The maximum Gasteiger partial charge on any atom is 0.273 e. The first-order valence-electron chi connectivity index (χ1n) is 5.96. The smallest absolute Gasteiger partial charge is 0.273 e. The number of hydrogen-bond donors (Lipinski definition) is 0. The summed E-state index contributed by atoms with van der Waals surface area (Å²) < 4.78 is 1.90. The van der Waals surface area contributed by atoms with E-state index in [0.717, 1.165) is 0 Å². The lowest BCUT2D eigenvalue weighted by molar-refractivity contribution is -0.385. The quantitative estimate of drug-likeness (QED) is 0.614. The molecule has 0 saturated carbocycles. The minimum atomic E-state index is -0.378. The van der Waals surface area contributed by atoms with E-state index in [0.29, 0.717) is 17.0 Å². The van der Waals surface area contributed by atoms with Gasteiger partial charge in [-0.1, -0.05) is 12.1 Å². The molecule has 2 rings (SSSR count). The Bertz CT molecular complexity index is 626. The van der Waals surface area contributed by atoms with Crippen LogP contribution in [0.5, 0.6) is 0 Å². The average Bonchev–Trinajstić information content (AvgIpc) is 2.77. The van der Waals surface area contributed by atoms with Crippen LogP contribution in [-0.4, -0.2) is 19.7 Å². The number of nitro benzene ring substituents is 1. The molecule has 100 valence electrons. The molecule has 1 heterocycles. The normalized spacial score (nSPS) is 11.6. The highest BCUT2D eigenvalue weighted by Gasteiger charge is 2.20. The lowest BCUT2D eigenvalue weighted by Crippen LogP contribution is -2.21. The molecule has 0 fully saturated rings. The Morgan fingerprint density at radius 3 is 2.58 bits per heavy atom. The average molecular weight is 260 g/mol. The Labute approximate surface area is 111 Å². The van der Waals surface area contributed by atoms with Gasteiger partial charge in [0.15, 0.2) is 5.82 Å². The van der Waals surface area contributed by atoms with Gasteiger partial charge in [0, 0.05) is 22.7 Å². The second-order valence-electron chi connectivity index (χ2n) is 5.45. The van der Waals surface area contributed by atoms with Crippen LogP contribution in [0.1, 0.15) is 26.3 Å². The van der Waals surface area contributed by atoms with E-state index in [9.17, 15) is 10.1 Å². The molecule has 0 aliphatic carbocycles. The van der Waals surface area contributed by atoms with Gasteiger partial charge < -0.3 is 4.57 Å². The molecule has 0 spiro atoms. The van der Waals surface area contributed by atoms with Gasteiger partial charge in [0.25, 0.3) is 5.69 Å². The van der Waals surface area contributed by atoms with Gasteiger partial charge in [-0.15, -0.1) is 10.2 Å². The number of nitrogens with zero attached hydrogens (tertiary/aromatic N) is 4. The minimum absolute atomic E-state index is 0.0981. The Hall–Kier alpha value is -2.24. The molecule has 0 radical (unpaired) electrons. The van der Waals surface area contributed by atoms with E-state index in [1.54, 1.807) is 25.4 Å². The lowest BCUT2D eigenvalue weighted by atomic mass is 10.1. The topological polar surface area (TPSA) is 73.8 Å². The fourth-order valence-corrected chi connectivity index (χ4v) is 1.87. The van der Waals surface area contributed by atoms with E-state index in [1.807, 2.05) is 31.4 Å². The second-order valence-corrected chi connectivity index (χ2v) is 5.45. The molecule has 0 amide bonds. The molecule has 1 aromatic heterocycles. The molecular formula is C13H16N4O2. The summed E-state index contributed by atoms with van der Waals surface area (Å²) in [5.74, 6) is 0.635. The predicted molar refractivity (Wildman–Crippen MR) is 71.8 cm³/mol. The summed E-state index contributed by atoms with van der Waals surface area (Å²) in [6.45, 7) is 7.81. The fourth-order valence-electron chi connectivity index (χ4n) is 1.87. The van der Waals surface area contributed by atoms with Gasteiger partial charge >= 0.3 is 0 Å². The van der Waals surface area contributed by atoms with Crippen LogP contribution in [-0.2, 0) is 5.54 Å². The zero-order valence-electron chi connectivity index (χ0n) is 11.4. The van der Waals surface area contributed by atoms with Crippen molar-refractivity contribution in [2.45, 2.75) is 33.2 Å². The van der Waals surface area contributed by atoms with Crippen LogP contribution in [0.3, 0.4) is 0 Å². The number of benzene rings is 1. The molecule has 0 atom stereocenters. The van der Waals surface area contributed by atoms with Crippen LogP contribution >= 0.6 is 0 Å². The van der Waals surface area contributed by atoms with Crippen molar-refractivity contribution < 1.29 is 4.92 Å². The standard InChI is InChI=1S/C13H16N4O2/c1-9-5-6-10(7-11(9)17(18)19)12-15-14-8-16(12)13(2,3)4/h5-8H,1-4H3. The zero-order chi connectivity index (χ0) is 14.2. The first-order valence-corrected chi connectivity index (χ1v) is 5.96. The van der Waals surface area contributed by atoms with Gasteiger partial charge in [0.05, 0.1) is 4.92 Å². The number of aryl methyl sites for hydroxylation is 1. The number of aromatic nitrogens is 3. The third kappa shape index (κ3) is 2.47. The van der Waals surface area contributed by atoms with Crippen molar-refractivity contribution in [3.8, 4) is 11.4 Å². The van der Waals surface area contributed by atoms with E-state index in [4.69, 9.17) is 0 Å². The van der Waals surface area contributed by atoms with Crippen molar-refractivity contribution in [3.05, 3.63) is 40.2 Å². The van der Waals surface area contributed by atoms with Gasteiger partial charge in [-0.05, 0) is 27.7 Å². The molecule has 0 bridgehead atoms. The Balaban J connectivity index is 2.58. The number of hydrogen-bond acceptors (Lipinski definition) is 4. The Morgan fingerprint density at radius 2 is 2.00 bits per heavy atom. The van der Waals surface area contributed by atoms with Gasteiger partial charge in [-0.2, -0.15) is 0 Å². The van der Waals surface area contributed by atoms with E-state index in [-0.39, 0.29) is 16.1 Å². The molecule has 0 aliphatic heterocycles. The summed E-state index contributed by atoms with van der Waals surface area (Å²) in [4.78, 5) is 10.6. The number of nitro groups is 1. The van der Waals surface area contributed by atoms with Crippen LogP contribution in [0.2, 0.25) is 0 Å². The van der Waals surface area contributed by atoms with E-state index < -0.39 is 0 Å². The minimum Gasteiger partial charge on any atom is -0.308 e. The third-order valence-electron chi connectivity index (χ3n) is 2.93. The fraction of sp³-hybridized carbons (Fsp3) is 0.385. The summed E-state index contributed by atoms with van der Waals surface area (Å²) in [7, 11) is 0. The summed E-state index contributed by atoms with van der Waals surface area (Å²) >= 11 is 0. The summed E-state index contributed by atoms with van der Waals surface area (Å²) in [5.41, 5.74) is 1.25. The van der Waals surface area contributed by atoms with Crippen molar-refractivity contribution in [2.75, 3.05) is 0 Å². The molecular weight excluding hydrogens is 244 g/mol. The van der Waals surface area contributed by atoms with Gasteiger partial charge in [-0.3, -0.25) is 10.1 Å². The van der Waals surface area contributed by atoms with E-state index >= 15 is 0 Å². The van der Waals surface area contributed by atoms with Gasteiger partial charge in [0.2, 0.25) is 0 Å². The highest BCUT2D eigenvalue weighted by molar-refractivity contribution is 5.61. The highest BCUT2D eigenvalue weighted by atomic mass is 16.6. The monoisotopic (exact) mass is 260 g/mol. The summed E-state index contributed by atoms with van der Waals surface area (Å²) in [5, 5.41) is 19.0.